The summed E-state index contributed by atoms with van der Waals surface area (Å²) in [5.74, 6) is 0.427. The predicted octanol–water partition coefficient (Wildman–Crippen LogP) is 3.41. The maximum Gasteiger partial charge on any atom is 0.308 e. The summed E-state index contributed by atoms with van der Waals surface area (Å²) in [5.41, 5.74) is 0. The van der Waals surface area contributed by atoms with Crippen molar-refractivity contribution in [3.8, 4) is 5.75 Å². The van der Waals surface area contributed by atoms with Crippen LogP contribution in [0.4, 0.5) is 0 Å². The van der Waals surface area contributed by atoms with Gasteiger partial charge in [0.1, 0.15) is 5.75 Å². The third-order valence-electron chi connectivity index (χ3n) is 5.01. The van der Waals surface area contributed by atoms with Gasteiger partial charge in [-0.2, -0.15) is 0 Å². The van der Waals surface area contributed by atoms with Gasteiger partial charge in [-0.25, -0.2) is 0 Å². The van der Waals surface area contributed by atoms with E-state index in [4.69, 9.17) is 9.47 Å². The van der Waals surface area contributed by atoms with Crippen LogP contribution in [0, 0.1) is 5.92 Å². The first-order valence-electron chi connectivity index (χ1n) is 9.15. The number of nitrogens with zero attached hydrogens (tertiary/aromatic N) is 1. The van der Waals surface area contributed by atoms with E-state index >= 15 is 0 Å². The summed E-state index contributed by atoms with van der Waals surface area (Å²) in [6.45, 7) is 3.08. The molecule has 1 aliphatic rings. The van der Waals surface area contributed by atoms with Gasteiger partial charge in [0.2, 0.25) is 0 Å². The first-order valence-corrected chi connectivity index (χ1v) is 9.15. The number of amides is 1. The van der Waals surface area contributed by atoms with Crippen LogP contribution in [0.25, 0.3) is 10.8 Å². The van der Waals surface area contributed by atoms with Crippen molar-refractivity contribution in [3.63, 3.8) is 0 Å². The number of ether oxygens (including phenoxy) is 2. The highest BCUT2D eigenvalue weighted by atomic mass is 16.5. The van der Waals surface area contributed by atoms with Gasteiger partial charge >= 0.3 is 5.97 Å². The Morgan fingerprint density at radius 1 is 1.12 bits per heavy atom. The molecule has 2 aromatic rings. The Balaban J connectivity index is 1.69. The number of methoxy groups -OCH3 is 1. The topological polar surface area (TPSA) is 55.8 Å². The van der Waals surface area contributed by atoms with Crippen molar-refractivity contribution >= 4 is 22.6 Å². The highest BCUT2D eigenvalue weighted by Gasteiger charge is 2.31. The molecule has 0 N–H and O–H groups in total. The molecule has 1 atom stereocenters. The number of piperidine rings is 1. The largest absolute Gasteiger partial charge is 0.480 e. The van der Waals surface area contributed by atoms with Gasteiger partial charge in [-0.1, -0.05) is 43.3 Å². The molecule has 5 nitrogen and oxygen atoms in total. The van der Waals surface area contributed by atoms with Crippen LogP contribution in [-0.2, 0) is 14.3 Å². The fraction of sp³-hybridized carbons (Fsp3) is 0.429. The second-order valence-corrected chi connectivity index (χ2v) is 6.61. The third kappa shape index (κ3) is 3.82. The lowest BCUT2D eigenvalue weighted by Gasteiger charge is -2.33. The monoisotopic (exact) mass is 355 g/mol. The molecule has 0 unspecified atom stereocenters. The average Bonchev–Trinajstić information content (AvgIpc) is 2.71. The molecule has 2 aromatic carbocycles. The molecule has 1 heterocycles. The lowest BCUT2D eigenvalue weighted by Crippen LogP contribution is -2.46. The number of rotatable bonds is 5. The second-order valence-electron chi connectivity index (χ2n) is 6.61. The summed E-state index contributed by atoms with van der Waals surface area (Å²) in [6, 6.07) is 13.9. The van der Waals surface area contributed by atoms with Crippen LogP contribution in [0.1, 0.15) is 26.2 Å². The first-order chi connectivity index (χ1) is 12.6. The second kappa shape index (κ2) is 8.21. The minimum absolute atomic E-state index is 0.0104. The van der Waals surface area contributed by atoms with E-state index in [9.17, 15) is 9.59 Å². The molecule has 3 rings (SSSR count). The molecule has 26 heavy (non-hydrogen) atoms. The molecule has 1 saturated heterocycles. The van der Waals surface area contributed by atoms with Crippen LogP contribution < -0.4 is 4.74 Å². The van der Waals surface area contributed by atoms with Gasteiger partial charge in [-0.3, -0.25) is 9.59 Å². The van der Waals surface area contributed by atoms with Crippen molar-refractivity contribution in [2.24, 2.45) is 5.92 Å². The molecule has 1 aliphatic heterocycles. The van der Waals surface area contributed by atoms with Gasteiger partial charge in [0, 0.05) is 18.5 Å². The minimum Gasteiger partial charge on any atom is -0.480 e. The van der Waals surface area contributed by atoms with Gasteiger partial charge < -0.3 is 14.4 Å². The molecule has 0 radical (unpaired) electrons. The summed E-state index contributed by atoms with van der Waals surface area (Å²) in [5, 5.41) is 2.09. The van der Waals surface area contributed by atoms with E-state index in [1.807, 2.05) is 49.4 Å². The normalized spacial score (nSPS) is 16.3. The SMILES string of the molecule is CC[C@H](Oc1cccc2ccccc12)C(=O)N1CCC(C(=O)OC)CC1. The summed E-state index contributed by atoms with van der Waals surface area (Å²) in [4.78, 5) is 26.4. The van der Waals surface area contributed by atoms with Crippen LogP contribution in [0.2, 0.25) is 0 Å². The number of esters is 1. The van der Waals surface area contributed by atoms with Crippen LogP contribution in [0.15, 0.2) is 42.5 Å². The van der Waals surface area contributed by atoms with Crippen molar-refractivity contribution in [3.05, 3.63) is 42.5 Å². The zero-order valence-corrected chi connectivity index (χ0v) is 15.3. The Kier molecular flexibility index (Phi) is 5.76. The number of likely N-dealkylation sites (tertiary alicyclic amines) is 1. The van der Waals surface area contributed by atoms with Gasteiger partial charge in [0.25, 0.3) is 5.91 Å². The Bertz CT molecular complexity index is 775. The van der Waals surface area contributed by atoms with Crippen LogP contribution >= 0.6 is 0 Å². The molecular formula is C21H25NO4. The van der Waals surface area contributed by atoms with E-state index in [0.717, 1.165) is 16.5 Å². The molecule has 0 saturated carbocycles. The van der Waals surface area contributed by atoms with Gasteiger partial charge in [0.05, 0.1) is 13.0 Å². The van der Waals surface area contributed by atoms with E-state index in [-0.39, 0.29) is 17.8 Å². The number of carbonyl (C=O) groups excluding carboxylic acids is 2. The smallest absolute Gasteiger partial charge is 0.308 e. The van der Waals surface area contributed by atoms with Crippen molar-refractivity contribution in [2.75, 3.05) is 20.2 Å². The zero-order chi connectivity index (χ0) is 18.5. The summed E-state index contributed by atoms with van der Waals surface area (Å²) in [6.07, 6.45) is 1.36. The van der Waals surface area contributed by atoms with Crippen molar-refractivity contribution in [1.29, 1.82) is 0 Å². The maximum absolute atomic E-state index is 12.9. The van der Waals surface area contributed by atoms with Crippen LogP contribution in [0.3, 0.4) is 0 Å². The molecule has 138 valence electrons. The highest BCUT2D eigenvalue weighted by molar-refractivity contribution is 5.89. The number of fused-ring (bicyclic) bond motifs is 1. The lowest BCUT2D eigenvalue weighted by atomic mass is 9.96. The molecule has 0 aliphatic carbocycles. The fourth-order valence-corrected chi connectivity index (χ4v) is 3.47. The number of hydrogen-bond acceptors (Lipinski definition) is 4. The number of benzene rings is 2. The third-order valence-corrected chi connectivity index (χ3v) is 5.01. The van der Waals surface area contributed by atoms with Gasteiger partial charge in [0.15, 0.2) is 6.10 Å². The van der Waals surface area contributed by atoms with Crippen LogP contribution in [0.5, 0.6) is 5.75 Å². The van der Waals surface area contributed by atoms with Crippen molar-refractivity contribution in [1.82, 2.24) is 4.90 Å². The van der Waals surface area contributed by atoms with Gasteiger partial charge in [-0.15, -0.1) is 0 Å². The summed E-state index contributed by atoms with van der Waals surface area (Å²) < 4.78 is 10.9. The molecule has 1 amide bonds. The van der Waals surface area contributed by atoms with Gasteiger partial charge in [-0.05, 0) is 30.7 Å². The Labute approximate surface area is 153 Å². The predicted molar refractivity (Wildman–Crippen MR) is 100.0 cm³/mol. The van der Waals surface area contributed by atoms with E-state index in [2.05, 4.69) is 0 Å². The van der Waals surface area contributed by atoms with Crippen molar-refractivity contribution in [2.45, 2.75) is 32.3 Å². The van der Waals surface area contributed by atoms with E-state index in [1.165, 1.54) is 7.11 Å². The first kappa shape index (κ1) is 18.2. The highest BCUT2D eigenvalue weighted by Crippen LogP contribution is 2.27. The fourth-order valence-electron chi connectivity index (χ4n) is 3.47. The molecule has 0 bridgehead atoms. The quantitative estimate of drug-likeness (QED) is 0.771. The molecule has 0 spiro atoms. The lowest BCUT2D eigenvalue weighted by molar-refractivity contribution is -0.150. The standard InChI is InChI=1S/C21H25NO4/c1-3-18(20(23)22-13-11-16(12-14-22)21(24)25-2)26-19-10-6-8-15-7-4-5-9-17(15)19/h4-10,16,18H,3,11-14H2,1-2H3/t18-/m0/s1. The van der Waals surface area contributed by atoms with Crippen molar-refractivity contribution < 1.29 is 19.1 Å². The number of carbonyl (C=O) groups is 2. The zero-order valence-electron chi connectivity index (χ0n) is 15.3. The Morgan fingerprint density at radius 3 is 2.50 bits per heavy atom. The Morgan fingerprint density at radius 2 is 1.81 bits per heavy atom. The average molecular weight is 355 g/mol. The molecule has 1 fully saturated rings. The van der Waals surface area contributed by atoms with E-state index in [0.29, 0.717) is 32.4 Å². The summed E-state index contributed by atoms with van der Waals surface area (Å²) in [7, 11) is 1.41. The van der Waals surface area contributed by atoms with E-state index < -0.39 is 6.10 Å². The summed E-state index contributed by atoms with van der Waals surface area (Å²) >= 11 is 0. The molecular weight excluding hydrogens is 330 g/mol. The number of hydrogen-bond donors (Lipinski definition) is 0. The van der Waals surface area contributed by atoms with Crippen LogP contribution in [-0.4, -0.2) is 43.1 Å². The molecule has 5 heteroatoms. The Hall–Kier alpha value is -2.56. The molecule has 0 aromatic heterocycles. The maximum atomic E-state index is 12.9. The minimum atomic E-state index is -0.518. The van der Waals surface area contributed by atoms with E-state index in [1.54, 1.807) is 4.90 Å².